The number of nitrogens with one attached hydrogen (secondary N) is 2. The predicted octanol–water partition coefficient (Wildman–Crippen LogP) is 3.22. The summed E-state index contributed by atoms with van der Waals surface area (Å²) in [5, 5.41) is 8.70. The van der Waals surface area contributed by atoms with E-state index in [1.807, 2.05) is 0 Å². The Morgan fingerprint density at radius 3 is 2.76 bits per heavy atom. The molecule has 17 heavy (non-hydrogen) atoms. The van der Waals surface area contributed by atoms with Gasteiger partial charge in [0.2, 0.25) is 0 Å². The van der Waals surface area contributed by atoms with Gasteiger partial charge in [-0.25, -0.2) is 0 Å². The number of rotatable bonds is 5. The summed E-state index contributed by atoms with van der Waals surface area (Å²) in [6, 6.07) is 2.12. The largest absolute Gasteiger partial charge is 0.356 e. The summed E-state index contributed by atoms with van der Waals surface area (Å²) in [6.07, 6.45) is 1.16. The maximum atomic E-state index is 4.19. The van der Waals surface area contributed by atoms with Gasteiger partial charge in [-0.15, -0.1) is 11.3 Å². The van der Waals surface area contributed by atoms with Gasteiger partial charge in [0.25, 0.3) is 0 Å². The SMILES string of the molecule is CN=C(NCCC(C)C)NCc1cc(Br)cs1. The van der Waals surface area contributed by atoms with Crippen molar-refractivity contribution in [1.29, 1.82) is 0 Å². The fraction of sp³-hybridized carbons (Fsp3) is 0.583. The topological polar surface area (TPSA) is 36.4 Å². The highest BCUT2D eigenvalue weighted by Gasteiger charge is 2.01. The molecule has 3 nitrogen and oxygen atoms in total. The molecule has 5 heteroatoms. The molecule has 0 aromatic carbocycles. The smallest absolute Gasteiger partial charge is 0.191 e. The fourth-order valence-electron chi connectivity index (χ4n) is 1.32. The summed E-state index contributed by atoms with van der Waals surface area (Å²) in [7, 11) is 1.80. The van der Waals surface area contributed by atoms with E-state index in [-0.39, 0.29) is 0 Å². The van der Waals surface area contributed by atoms with Crippen molar-refractivity contribution >= 4 is 33.2 Å². The molecule has 1 aromatic rings. The Labute approximate surface area is 116 Å². The Balaban J connectivity index is 2.28. The van der Waals surface area contributed by atoms with Crippen molar-refractivity contribution in [3.63, 3.8) is 0 Å². The summed E-state index contributed by atoms with van der Waals surface area (Å²) in [5.74, 6) is 1.59. The number of guanidine groups is 1. The molecule has 0 aliphatic carbocycles. The molecule has 0 bridgehead atoms. The van der Waals surface area contributed by atoms with Crippen molar-refractivity contribution < 1.29 is 0 Å². The minimum absolute atomic E-state index is 0.717. The maximum absolute atomic E-state index is 4.19. The lowest BCUT2D eigenvalue weighted by atomic mass is 10.1. The van der Waals surface area contributed by atoms with Crippen LogP contribution in [0, 0.1) is 5.92 Å². The molecule has 2 N–H and O–H groups in total. The van der Waals surface area contributed by atoms with E-state index in [2.05, 4.69) is 56.8 Å². The average Bonchev–Trinajstić information content (AvgIpc) is 2.69. The third kappa shape index (κ3) is 6.07. The van der Waals surface area contributed by atoms with Crippen LogP contribution in [0.15, 0.2) is 20.9 Å². The summed E-state index contributed by atoms with van der Waals surface area (Å²) < 4.78 is 1.14. The van der Waals surface area contributed by atoms with Crippen LogP contribution < -0.4 is 10.6 Å². The molecular formula is C12H20BrN3S. The second-order valence-electron chi connectivity index (χ2n) is 4.27. The summed E-state index contributed by atoms with van der Waals surface area (Å²) in [6.45, 7) is 6.23. The Morgan fingerprint density at radius 2 is 2.24 bits per heavy atom. The normalized spacial score (nSPS) is 11.9. The molecule has 0 spiro atoms. The molecule has 0 amide bonds. The number of thiophene rings is 1. The second kappa shape index (κ2) is 7.71. The van der Waals surface area contributed by atoms with Gasteiger partial charge in [0.1, 0.15) is 0 Å². The first-order chi connectivity index (χ1) is 8.11. The quantitative estimate of drug-likeness (QED) is 0.646. The Kier molecular flexibility index (Phi) is 6.58. The number of aliphatic imine (C=N–C) groups is 1. The predicted molar refractivity (Wildman–Crippen MR) is 79.7 cm³/mol. The van der Waals surface area contributed by atoms with Crippen LogP contribution in [0.1, 0.15) is 25.1 Å². The molecule has 0 radical (unpaired) electrons. The van der Waals surface area contributed by atoms with E-state index in [0.717, 1.165) is 29.9 Å². The molecule has 0 unspecified atom stereocenters. The van der Waals surface area contributed by atoms with E-state index in [1.54, 1.807) is 18.4 Å². The Morgan fingerprint density at radius 1 is 1.47 bits per heavy atom. The lowest BCUT2D eigenvalue weighted by Gasteiger charge is -2.12. The van der Waals surface area contributed by atoms with Gasteiger partial charge in [-0.3, -0.25) is 4.99 Å². The van der Waals surface area contributed by atoms with Gasteiger partial charge in [-0.2, -0.15) is 0 Å². The van der Waals surface area contributed by atoms with Gasteiger partial charge in [-0.1, -0.05) is 13.8 Å². The van der Waals surface area contributed by atoms with E-state index in [4.69, 9.17) is 0 Å². The van der Waals surface area contributed by atoms with Crippen molar-refractivity contribution in [2.24, 2.45) is 10.9 Å². The van der Waals surface area contributed by atoms with Gasteiger partial charge in [0.15, 0.2) is 5.96 Å². The van der Waals surface area contributed by atoms with Crippen molar-refractivity contribution in [2.45, 2.75) is 26.8 Å². The van der Waals surface area contributed by atoms with Crippen molar-refractivity contribution in [3.8, 4) is 0 Å². The molecule has 1 rings (SSSR count). The maximum Gasteiger partial charge on any atom is 0.191 e. The zero-order valence-electron chi connectivity index (χ0n) is 10.6. The Bertz CT molecular complexity index is 360. The van der Waals surface area contributed by atoms with Crippen LogP contribution in [0.2, 0.25) is 0 Å². The average molecular weight is 318 g/mol. The molecule has 0 atom stereocenters. The first-order valence-electron chi connectivity index (χ1n) is 5.79. The summed E-state index contributed by atoms with van der Waals surface area (Å²) in [4.78, 5) is 5.49. The van der Waals surface area contributed by atoms with Crippen LogP contribution in [0.3, 0.4) is 0 Å². The number of hydrogen-bond acceptors (Lipinski definition) is 2. The third-order valence-electron chi connectivity index (χ3n) is 2.29. The zero-order chi connectivity index (χ0) is 12.7. The molecule has 0 saturated heterocycles. The van der Waals surface area contributed by atoms with Crippen molar-refractivity contribution in [1.82, 2.24) is 10.6 Å². The number of hydrogen-bond donors (Lipinski definition) is 2. The van der Waals surface area contributed by atoms with E-state index in [1.165, 1.54) is 4.88 Å². The van der Waals surface area contributed by atoms with Crippen LogP contribution >= 0.6 is 27.3 Å². The van der Waals surface area contributed by atoms with Gasteiger partial charge in [-0.05, 0) is 34.3 Å². The third-order valence-corrected chi connectivity index (χ3v) is 3.99. The molecule has 0 aliphatic rings. The molecule has 1 heterocycles. The van der Waals surface area contributed by atoms with Crippen LogP contribution in [0.5, 0.6) is 0 Å². The molecule has 0 aliphatic heterocycles. The van der Waals surface area contributed by atoms with Crippen molar-refractivity contribution in [3.05, 3.63) is 20.8 Å². The van der Waals surface area contributed by atoms with Crippen LogP contribution in [0.25, 0.3) is 0 Å². The van der Waals surface area contributed by atoms with Crippen LogP contribution in [-0.4, -0.2) is 19.6 Å². The minimum atomic E-state index is 0.717. The number of nitrogens with zero attached hydrogens (tertiary/aromatic N) is 1. The Hall–Kier alpha value is -0.550. The van der Waals surface area contributed by atoms with Crippen molar-refractivity contribution in [2.75, 3.05) is 13.6 Å². The molecule has 0 fully saturated rings. The van der Waals surface area contributed by atoms with Gasteiger partial charge in [0, 0.05) is 28.3 Å². The summed E-state index contributed by atoms with van der Waals surface area (Å²) in [5.41, 5.74) is 0. The van der Waals surface area contributed by atoms with Gasteiger partial charge >= 0.3 is 0 Å². The lowest BCUT2D eigenvalue weighted by Crippen LogP contribution is -2.37. The second-order valence-corrected chi connectivity index (χ2v) is 6.18. The molecule has 96 valence electrons. The molecule has 0 saturated carbocycles. The van der Waals surface area contributed by atoms with E-state index in [0.29, 0.717) is 5.92 Å². The van der Waals surface area contributed by atoms with E-state index in [9.17, 15) is 0 Å². The van der Waals surface area contributed by atoms with Gasteiger partial charge < -0.3 is 10.6 Å². The summed E-state index contributed by atoms with van der Waals surface area (Å²) >= 11 is 5.19. The number of halogens is 1. The molecule has 1 aromatic heterocycles. The standard InChI is InChI=1S/C12H20BrN3S/c1-9(2)4-5-15-12(14-3)16-7-11-6-10(13)8-17-11/h6,8-9H,4-5,7H2,1-3H3,(H2,14,15,16). The van der Waals surface area contributed by atoms with E-state index < -0.39 is 0 Å². The van der Waals surface area contributed by atoms with E-state index >= 15 is 0 Å². The highest BCUT2D eigenvalue weighted by Crippen LogP contribution is 2.19. The minimum Gasteiger partial charge on any atom is -0.356 e. The van der Waals surface area contributed by atoms with Crippen LogP contribution in [0.4, 0.5) is 0 Å². The van der Waals surface area contributed by atoms with Crippen LogP contribution in [-0.2, 0) is 6.54 Å². The molecular weight excluding hydrogens is 298 g/mol. The van der Waals surface area contributed by atoms with Gasteiger partial charge in [0.05, 0.1) is 6.54 Å². The first-order valence-corrected chi connectivity index (χ1v) is 7.46. The highest BCUT2D eigenvalue weighted by molar-refractivity contribution is 9.10. The first kappa shape index (κ1) is 14.5. The zero-order valence-corrected chi connectivity index (χ0v) is 13.0. The fourth-order valence-corrected chi connectivity index (χ4v) is 2.71. The lowest BCUT2D eigenvalue weighted by molar-refractivity contribution is 0.574. The monoisotopic (exact) mass is 317 g/mol. The highest BCUT2D eigenvalue weighted by atomic mass is 79.9.